The zero-order valence-corrected chi connectivity index (χ0v) is 12.0. The molecule has 0 amide bonds. The normalized spacial score (nSPS) is 12.0. The second kappa shape index (κ2) is 7.20. The van der Waals surface area contributed by atoms with Gasteiger partial charge < -0.3 is 10.1 Å². The van der Waals surface area contributed by atoms with Gasteiger partial charge in [-0.2, -0.15) is 11.8 Å². The Morgan fingerprint density at radius 1 is 1.56 bits per heavy atom. The van der Waals surface area contributed by atoms with E-state index in [-0.39, 0.29) is 11.9 Å². The molecule has 0 radical (unpaired) electrons. The average Bonchev–Trinajstić information content (AvgIpc) is 2.34. The average molecular weight is 269 g/mol. The van der Waals surface area contributed by atoms with Crippen molar-refractivity contribution >= 4 is 23.5 Å². The summed E-state index contributed by atoms with van der Waals surface area (Å²) in [6.45, 7) is 6.03. The first kappa shape index (κ1) is 14.8. The fourth-order valence-corrected chi connectivity index (χ4v) is 2.09. The largest absolute Gasteiger partial charge is 0.463 e. The lowest BCUT2D eigenvalue weighted by Crippen LogP contribution is -2.20. The van der Waals surface area contributed by atoms with Gasteiger partial charge in [-0.05, 0) is 19.6 Å². The minimum atomic E-state index is -0.516. The summed E-state index contributed by atoms with van der Waals surface area (Å²) in [6.07, 6.45) is 0. The number of nitrogens with one attached hydrogen (secondary N) is 1. The number of anilines is 1. The number of rotatable bonds is 6. The molecule has 0 spiro atoms. The fourth-order valence-electron chi connectivity index (χ4n) is 1.41. The molecule has 1 N–H and O–H groups in total. The molecule has 0 saturated carbocycles. The topological polar surface area (TPSA) is 64.1 Å². The van der Waals surface area contributed by atoms with E-state index in [1.165, 1.54) is 7.11 Å². The third-order valence-corrected chi connectivity index (χ3v) is 3.33. The van der Waals surface area contributed by atoms with Gasteiger partial charge in [0.05, 0.1) is 7.11 Å². The predicted molar refractivity (Wildman–Crippen MR) is 74.2 cm³/mol. The number of ether oxygens (including phenoxy) is 1. The molecule has 0 fully saturated rings. The third kappa shape index (κ3) is 4.52. The Kier molecular flexibility index (Phi) is 5.91. The molecular formula is C12H19N3O2S. The summed E-state index contributed by atoms with van der Waals surface area (Å²) in [7, 11) is 1.32. The number of hydrogen-bond donors (Lipinski definition) is 1. The van der Waals surface area contributed by atoms with Gasteiger partial charge in [0.2, 0.25) is 5.82 Å². The van der Waals surface area contributed by atoms with E-state index in [9.17, 15) is 4.79 Å². The molecule has 1 aromatic heterocycles. The first-order valence-corrected chi connectivity index (χ1v) is 7.00. The minimum absolute atomic E-state index is 0.0929. The first-order chi connectivity index (χ1) is 8.56. The van der Waals surface area contributed by atoms with E-state index in [0.29, 0.717) is 5.82 Å². The zero-order valence-electron chi connectivity index (χ0n) is 11.2. The lowest BCUT2D eigenvalue weighted by Gasteiger charge is -2.14. The van der Waals surface area contributed by atoms with Crippen molar-refractivity contribution in [3.05, 3.63) is 17.6 Å². The summed E-state index contributed by atoms with van der Waals surface area (Å²) >= 11 is 1.86. The highest BCUT2D eigenvalue weighted by Gasteiger charge is 2.12. The van der Waals surface area contributed by atoms with E-state index < -0.39 is 5.97 Å². The summed E-state index contributed by atoms with van der Waals surface area (Å²) in [5, 5.41) is 3.26. The van der Waals surface area contributed by atoms with Gasteiger partial charge in [0.15, 0.2) is 0 Å². The van der Waals surface area contributed by atoms with Crippen molar-refractivity contribution in [1.29, 1.82) is 0 Å². The Labute approximate surface area is 112 Å². The maximum atomic E-state index is 11.4. The number of aromatic nitrogens is 2. The molecule has 0 aromatic carbocycles. The van der Waals surface area contributed by atoms with E-state index in [4.69, 9.17) is 0 Å². The van der Waals surface area contributed by atoms with Gasteiger partial charge in [-0.1, -0.05) is 6.92 Å². The number of carbonyl (C=O) groups is 1. The van der Waals surface area contributed by atoms with Crippen LogP contribution in [0.5, 0.6) is 0 Å². The highest BCUT2D eigenvalue weighted by atomic mass is 32.2. The van der Waals surface area contributed by atoms with E-state index >= 15 is 0 Å². The highest BCUT2D eigenvalue weighted by molar-refractivity contribution is 7.99. The molecular weight excluding hydrogens is 250 g/mol. The Bertz CT molecular complexity index is 412. The summed E-state index contributed by atoms with van der Waals surface area (Å²) in [6, 6.07) is 2.11. The molecule has 0 bridgehead atoms. The van der Waals surface area contributed by atoms with Crippen molar-refractivity contribution < 1.29 is 9.53 Å². The molecule has 1 aromatic rings. The fraction of sp³-hybridized carbons (Fsp3) is 0.583. The quantitative estimate of drug-likeness (QED) is 0.798. The molecule has 0 aliphatic rings. The zero-order chi connectivity index (χ0) is 13.5. The van der Waals surface area contributed by atoms with Gasteiger partial charge in [0.1, 0.15) is 5.82 Å². The van der Waals surface area contributed by atoms with E-state index in [0.717, 1.165) is 17.2 Å². The first-order valence-electron chi connectivity index (χ1n) is 5.85. The molecule has 0 aliphatic heterocycles. The summed E-state index contributed by atoms with van der Waals surface area (Å²) in [4.78, 5) is 19.6. The number of nitrogens with zero attached hydrogens (tertiary/aromatic N) is 2. The van der Waals surface area contributed by atoms with Crippen LogP contribution in [0, 0.1) is 6.92 Å². The monoisotopic (exact) mass is 269 g/mol. The molecule has 1 rings (SSSR count). The SMILES string of the molecule is CCSCC(C)Nc1cc(C)nc(C(=O)OC)n1. The molecule has 100 valence electrons. The second-order valence-corrected chi connectivity index (χ2v) is 5.23. The van der Waals surface area contributed by atoms with Crippen LogP contribution in [0.2, 0.25) is 0 Å². The number of thioether (sulfide) groups is 1. The van der Waals surface area contributed by atoms with Crippen molar-refractivity contribution in [2.75, 3.05) is 23.9 Å². The van der Waals surface area contributed by atoms with Crippen molar-refractivity contribution in [2.24, 2.45) is 0 Å². The number of hydrogen-bond acceptors (Lipinski definition) is 6. The van der Waals surface area contributed by atoms with Gasteiger partial charge in [0.25, 0.3) is 0 Å². The molecule has 6 heteroatoms. The van der Waals surface area contributed by atoms with Crippen LogP contribution < -0.4 is 5.32 Å². The summed E-state index contributed by atoms with van der Waals surface area (Å²) < 4.78 is 4.62. The Morgan fingerprint density at radius 3 is 2.89 bits per heavy atom. The van der Waals surface area contributed by atoms with E-state index in [1.807, 2.05) is 24.8 Å². The molecule has 1 atom stereocenters. The highest BCUT2D eigenvalue weighted by Crippen LogP contribution is 2.11. The summed E-state index contributed by atoms with van der Waals surface area (Å²) in [5.41, 5.74) is 0.739. The Morgan fingerprint density at radius 2 is 2.28 bits per heavy atom. The molecule has 5 nitrogen and oxygen atoms in total. The van der Waals surface area contributed by atoms with E-state index in [2.05, 4.69) is 33.9 Å². The van der Waals surface area contributed by atoms with Crippen LogP contribution in [0.15, 0.2) is 6.07 Å². The summed E-state index contributed by atoms with van der Waals surface area (Å²) in [5.74, 6) is 2.31. The van der Waals surface area contributed by atoms with Crippen LogP contribution in [0.3, 0.4) is 0 Å². The molecule has 18 heavy (non-hydrogen) atoms. The molecule has 1 heterocycles. The number of carbonyl (C=O) groups excluding carboxylic acids is 1. The van der Waals surface area contributed by atoms with Crippen LogP contribution in [-0.2, 0) is 4.74 Å². The number of methoxy groups -OCH3 is 1. The number of esters is 1. The van der Waals surface area contributed by atoms with Crippen molar-refractivity contribution in [2.45, 2.75) is 26.8 Å². The van der Waals surface area contributed by atoms with Crippen LogP contribution in [0.4, 0.5) is 5.82 Å². The maximum Gasteiger partial charge on any atom is 0.376 e. The predicted octanol–water partition coefficient (Wildman–Crippen LogP) is 2.13. The van der Waals surface area contributed by atoms with Gasteiger partial charge in [-0.3, -0.25) is 0 Å². The van der Waals surface area contributed by atoms with E-state index in [1.54, 1.807) is 0 Å². The number of aryl methyl sites for hydroxylation is 1. The van der Waals surface area contributed by atoms with Crippen LogP contribution in [0.25, 0.3) is 0 Å². The van der Waals surface area contributed by atoms with Crippen LogP contribution in [-0.4, -0.2) is 40.6 Å². The van der Waals surface area contributed by atoms with Gasteiger partial charge in [-0.25, -0.2) is 14.8 Å². The third-order valence-electron chi connectivity index (χ3n) is 2.19. The maximum absolute atomic E-state index is 11.4. The van der Waals surface area contributed by atoms with Gasteiger partial charge >= 0.3 is 5.97 Å². The lowest BCUT2D eigenvalue weighted by atomic mass is 10.3. The van der Waals surface area contributed by atoms with Gasteiger partial charge in [0, 0.05) is 23.6 Å². The minimum Gasteiger partial charge on any atom is -0.463 e. The Balaban J connectivity index is 2.76. The lowest BCUT2D eigenvalue weighted by molar-refractivity contribution is 0.0586. The van der Waals surface area contributed by atoms with Crippen LogP contribution in [0.1, 0.15) is 30.2 Å². The van der Waals surface area contributed by atoms with Gasteiger partial charge in [-0.15, -0.1) is 0 Å². The molecule has 0 saturated heterocycles. The van der Waals surface area contributed by atoms with Crippen LogP contribution >= 0.6 is 11.8 Å². The van der Waals surface area contributed by atoms with Crippen molar-refractivity contribution in [1.82, 2.24) is 9.97 Å². The second-order valence-electron chi connectivity index (χ2n) is 3.91. The smallest absolute Gasteiger partial charge is 0.376 e. The van der Waals surface area contributed by atoms with Crippen molar-refractivity contribution in [3.8, 4) is 0 Å². The van der Waals surface area contributed by atoms with Crippen molar-refractivity contribution in [3.63, 3.8) is 0 Å². The standard InChI is InChI=1S/C12H19N3O2S/c1-5-18-7-9(3)13-10-6-8(2)14-11(15-10)12(16)17-4/h6,9H,5,7H2,1-4H3,(H,13,14,15). The Hall–Kier alpha value is -1.30. The molecule has 0 aliphatic carbocycles. The molecule has 1 unspecified atom stereocenters.